The van der Waals surface area contributed by atoms with Crippen molar-refractivity contribution < 1.29 is 13.2 Å². The third kappa shape index (κ3) is 5.28. The molecule has 2 rings (SSSR count). The summed E-state index contributed by atoms with van der Waals surface area (Å²) in [6, 6.07) is 5.31. The van der Waals surface area contributed by atoms with Crippen LogP contribution >= 0.6 is 12.4 Å². The maximum absolute atomic E-state index is 11.8. The standard InChI is InChI=1S/C13H19N3O3S.ClH/c1-9(16-20(2,18)19)13(17)15-6-10-3-4-11-7-14-8-12(11)5-10;/h3-5,9,14,16H,6-8H2,1-2H3,(H,15,17);1H. The number of hydrogen-bond donors (Lipinski definition) is 3. The normalized spacial score (nSPS) is 15.0. The van der Waals surface area contributed by atoms with E-state index in [-0.39, 0.29) is 18.3 Å². The van der Waals surface area contributed by atoms with Crippen molar-refractivity contribution in [1.29, 1.82) is 0 Å². The number of nitrogens with one attached hydrogen (secondary N) is 3. The van der Waals surface area contributed by atoms with Gasteiger partial charge in [-0.3, -0.25) is 4.79 Å². The first-order chi connectivity index (χ1) is 9.35. The van der Waals surface area contributed by atoms with E-state index in [0.29, 0.717) is 6.54 Å². The van der Waals surface area contributed by atoms with Crippen LogP contribution in [0.15, 0.2) is 18.2 Å². The van der Waals surface area contributed by atoms with Gasteiger partial charge in [0.25, 0.3) is 0 Å². The Kier molecular flexibility index (Phi) is 6.15. The van der Waals surface area contributed by atoms with Crippen LogP contribution in [0.2, 0.25) is 0 Å². The number of hydrogen-bond acceptors (Lipinski definition) is 4. The fourth-order valence-corrected chi connectivity index (χ4v) is 2.92. The van der Waals surface area contributed by atoms with Crippen molar-refractivity contribution in [3.63, 3.8) is 0 Å². The lowest BCUT2D eigenvalue weighted by molar-refractivity contribution is -0.122. The molecule has 1 aliphatic heterocycles. The Bertz CT molecular complexity index is 619. The molecule has 0 aromatic heterocycles. The molecule has 1 aromatic carbocycles. The van der Waals surface area contributed by atoms with Gasteiger partial charge in [0, 0.05) is 19.6 Å². The van der Waals surface area contributed by atoms with Gasteiger partial charge in [-0.05, 0) is 23.6 Å². The second kappa shape index (κ2) is 7.22. The molecule has 6 nitrogen and oxygen atoms in total. The van der Waals surface area contributed by atoms with Gasteiger partial charge >= 0.3 is 0 Å². The van der Waals surface area contributed by atoms with E-state index < -0.39 is 16.1 Å². The first-order valence-electron chi connectivity index (χ1n) is 6.41. The van der Waals surface area contributed by atoms with Gasteiger partial charge in [0.2, 0.25) is 15.9 Å². The second-order valence-electron chi connectivity index (χ2n) is 5.04. The summed E-state index contributed by atoms with van der Waals surface area (Å²) >= 11 is 0. The maximum atomic E-state index is 11.8. The van der Waals surface area contributed by atoms with E-state index in [9.17, 15) is 13.2 Å². The number of carbonyl (C=O) groups excluding carboxylic acids is 1. The van der Waals surface area contributed by atoms with E-state index in [0.717, 1.165) is 24.9 Å². The quantitative estimate of drug-likeness (QED) is 0.721. The summed E-state index contributed by atoms with van der Waals surface area (Å²) in [6.07, 6.45) is 1.03. The lowest BCUT2D eigenvalue weighted by Crippen LogP contribution is -2.44. The molecular weight excluding hydrogens is 314 g/mol. The number of benzene rings is 1. The van der Waals surface area contributed by atoms with Gasteiger partial charge in [0.1, 0.15) is 0 Å². The number of carbonyl (C=O) groups is 1. The molecule has 0 fully saturated rings. The fraction of sp³-hybridized carbons (Fsp3) is 0.462. The molecule has 0 bridgehead atoms. The molecule has 0 radical (unpaired) electrons. The van der Waals surface area contributed by atoms with Crippen LogP contribution in [0.4, 0.5) is 0 Å². The van der Waals surface area contributed by atoms with Crippen molar-refractivity contribution in [2.24, 2.45) is 0 Å². The van der Waals surface area contributed by atoms with Crippen LogP contribution in [0.1, 0.15) is 23.6 Å². The topological polar surface area (TPSA) is 87.3 Å². The Morgan fingerprint density at radius 1 is 1.33 bits per heavy atom. The summed E-state index contributed by atoms with van der Waals surface area (Å²) in [4.78, 5) is 11.8. The Hall–Kier alpha value is -1.15. The minimum absolute atomic E-state index is 0. The average Bonchev–Trinajstić information content (AvgIpc) is 2.81. The highest BCUT2D eigenvalue weighted by Crippen LogP contribution is 2.16. The number of sulfonamides is 1. The minimum Gasteiger partial charge on any atom is -0.351 e. The fourth-order valence-electron chi connectivity index (χ4n) is 2.17. The molecule has 1 amide bonds. The van der Waals surface area contributed by atoms with E-state index in [1.54, 1.807) is 0 Å². The van der Waals surface area contributed by atoms with Crippen molar-refractivity contribution in [2.45, 2.75) is 32.6 Å². The molecule has 118 valence electrons. The van der Waals surface area contributed by atoms with E-state index in [4.69, 9.17) is 0 Å². The molecule has 0 saturated carbocycles. The number of fused-ring (bicyclic) bond motifs is 1. The van der Waals surface area contributed by atoms with Gasteiger partial charge < -0.3 is 10.6 Å². The number of rotatable bonds is 5. The predicted octanol–water partition coefficient (Wildman–Crippen LogP) is 0.266. The molecule has 1 unspecified atom stereocenters. The zero-order chi connectivity index (χ0) is 14.8. The lowest BCUT2D eigenvalue weighted by atomic mass is 10.1. The second-order valence-corrected chi connectivity index (χ2v) is 6.82. The zero-order valence-corrected chi connectivity index (χ0v) is 13.6. The summed E-state index contributed by atoms with van der Waals surface area (Å²) in [5.41, 5.74) is 3.54. The Morgan fingerprint density at radius 3 is 2.67 bits per heavy atom. The molecule has 0 aliphatic carbocycles. The molecule has 0 saturated heterocycles. The molecule has 1 heterocycles. The Morgan fingerprint density at radius 2 is 2.00 bits per heavy atom. The smallest absolute Gasteiger partial charge is 0.238 e. The summed E-state index contributed by atoms with van der Waals surface area (Å²) in [6.45, 7) is 3.64. The Labute approximate surface area is 131 Å². The van der Waals surface area contributed by atoms with Crippen LogP contribution in [0.25, 0.3) is 0 Å². The molecule has 21 heavy (non-hydrogen) atoms. The molecule has 1 atom stereocenters. The average molecular weight is 334 g/mol. The highest BCUT2D eigenvalue weighted by molar-refractivity contribution is 7.88. The predicted molar refractivity (Wildman–Crippen MR) is 83.5 cm³/mol. The summed E-state index contributed by atoms with van der Waals surface area (Å²) in [5.74, 6) is -0.339. The van der Waals surface area contributed by atoms with Gasteiger partial charge in [-0.1, -0.05) is 18.2 Å². The van der Waals surface area contributed by atoms with Crippen molar-refractivity contribution in [3.05, 3.63) is 34.9 Å². The van der Waals surface area contributed by atoms with Crippen molar-refractivity contribution >= 4 is 28.3 Å². The molecule has 3 N–H and O–H groups in total. The third-order valence-corrected chi connectivity index (χ3v) is 3.93. The third-order valence-electron chi connectivity index (χ3n) is 3.15. The van der Waals surface area contributed by atoms with Crippen LogP contribution in [-0.2, 0) is 34.5 Å². The summed E-state index contributed by atoms with van der Waals surface area (Å²) in [7, 11) is -3.38. The van der Waals surface area contributed by atoms with E-state index in [2.05, 4.69) is 27.5 Å². The van der Waals surface area contributed by atoms with E-state index in [1.165, 1.54) is 18.1 Å². The van der Waals surface area contributed by atoms with Crippen molar-refractivity contribution in [1.82, 2.24) is 15.4 Å². The highest BCUT2D eigenvalue weighted by Gasteiger charge is 2.16. The minimum atomic E-state index is -3.38. The van der Waals surface area contributed by atoms with Crippen LogP contribution in [0.5, 0.6) is 0 Å². The van der Waals surface area contributed by atoms with Gasteiger partial charge in [-0.25, -0.2) is 13.1 Å². The monoisotopic (exact) mass is 333 g/mol. The van der Waals surface area contributed by atoms with Gasteiger partial charge in [0.05, 0.1) is 12.3 Å². The van der Waals surface area contributed by atoms with Crippen LogP contribution in [0.3, 0.4) is 0 Å². The molecule has 1 aromatic rings. The molecule has 0 spiro atoms. The lowest BCUT2D eigenvalue weighted by Gasteiger charge is -2.13. The van der Waals surface area contributed by atoms with E-state index in [1.807, 2.05) is 6.07 Å². The zero-order valence-electron chi connectivity index (χ0n) is 12.0. The van der Waals surface area contributed by atoms with Crippen LogP contribution in [-0.4, -0.2) is 26.6 Å². The van der Waals surface area contributed by atoms with Crippen LogP contribution in [0, 0.1) is 0 Å². The maximum Gasteiger partial charge on any atom is 0.238 e. The van der Waals surface area contributed by atoms with Crippen molar-refractivity contribution in [2.75, 3.05) is 6.26 Å². The molecular formula is C13H20ClN3O3S. The largest absolute Gasteiger partial charge is 0.351 e. The highest BCUT2D eigenvalue weighted by atomic mass is 35.5. The summed E-state index contributed by atoms with van der Waals surface area (Å²) < 4.78 is 24.3. The first kappa shape index (κ1) is 17.9. The number of halogens is 1. The summed E-state index contributed by atoms with van der Waals surface area (Å²) in [5, 5.41) is 5.99. The van der Waals surface area contributed by atoms with Crippen LogP contribution < -0.4 is 15.4 Å². The van der Waals surface area contributed by atoms with Gasteiger partial charge in [-0.15, -0.1) is 12.4 Å². The molecule has 8 heteroatoms. The van der Waals surface area contributed by atoms with E-state index >= 15 is 0 Å². The molecule has 1 aliphatic rings. The number of amides is 1. The Balaban J connectivity index is 0.00000220. The van der Waals surface area contributed by atoms with Crippen molar-refractivity contribution in [3.8, 4) is 0 Å². The first-order valence-corrected chi connectivity index (χ1v) is 8.31. The van der Waals surface area contributed by atoms with Gasteiger partial charge in [-0.2, -0.15) is 0 Å². The SMILES string of the molecule is CC(NS(C)(=O)=O)C(=O)NCc1ccc2c(c1)CNC2.Cl. The van der Waals surface area contributed by atoms with Gasteiger partial charge in [0.15, 0.2) is 0 Å².